The minimum atomic E-state index is -4.52. The first-order valence-corrected chi connectivity index (χ1v) is 5.59. The smallest absolute Gasteiger partial charge is 0.293 e. The van der Waals surface area contributed by atoms with E-state index in [0.717, 1.165) is 6.07 Å². The average molecular weight is 306 g/mol. The first-order valence-electron chi connectivity index (χ1n) is 4.80. The first-order chi connectivity index (χ1) is 7.80. The molecule has 1 aliphatic rings. The largest absolute Gasteiger partial charge is 0.418 e. The lowest BCUT2D eigenvalue weighted by molar-refractivity contribution is -0.137. The molecule has 1 aromatic carbocycles. The Labute approximate surface area is 104 Å². The van der Waals surface area contributed by atoms with Crippen LogP contribution in [-0.2, 0) is 6.18 Å². The van der Waals surface area contributed by atoms with Gasteiger partial charge in [-0.1, -0.05) is 22.9 Å². The second-order valence-electron chi connectivity index (χ2n) is 3.78. The van der Waals surface area contributed by atoms with Crippen molar-refractivity contribution in [3.8, 4) is 0 Å². The molecule has 2 rings (SSSR count). The van der Waals surface area contributed by atoms with E-state index in [-0.39, 0.29) is 21.5 Å². The van der Waals surface area contributed by atoms with Crippen LogP contribution in [-0.4, -0.2) is 12.0 Å². The number of ketones is 1. The summed E-state index contributed by atoms with van der Waals surface area (Å²) in [5.74, 6) is -0.834. The van der Waals surface area contributed by atoms with Crippen molar-refractivity contribution in [1.82, 2.24) is 0 Å². The van der Waals surface area contributed by atoms with E-state index in [1.54, 1.807) is 6.92 Å². The standard InChI is InChI=1S/C11H7BrF3NO/c1-5-4-16-9-7(10(5)17)2-6(12)3-8(9)11(13,14)15/h2-5H,1H3. The Kier molecular flexibility index (Phi) is 2.85. The van der Waals surface area contributed by atoms with Crippen molar-refractivity contribution in [2.75, 3.05) is 0 Å². The van der Waals surface area contributed by atoms with Crippen molar-refractivity contribution in [3.05, 3.63) is 27.7 Å². The third-order valence-corrected chi connectivity index (χ3v) is 2.94. The van der Waals surface area contributed by atoms with Crippen molar-refractivity contribution < 1.29 is 18.0 Å². The van der Waals surface area contributed by atoms with Crippen LogP contribution >= 0.6 is 15.9 Å². The molecule has 2 nitrogen and oxygen atoms in total. The number of benzene rings is 1. The summed E-state index contributed by atoms with van der Waals surface area (Å²) < 4.78 is 38.5. The summed E-state index contributed by atoms with van der Waals surface area (Å²) in [5, 5.41) is 0. The molecule has 0 saturated heterocycles. The maximum absolute atomic E-state index is 12.8. The lowest BCUT2D eigenvalue weighted by atomic mass is 9.94. The molecule has 0 saturated carbocycles. The third kappa shape index (κ3) is 2.13. The number of Topliss-reactive ketones (excluding diaryl/α,β-unsaturated/α-hetero) is 1. The number of halogens is 4. The molecule has 1 unspecified atom stereocenters. The molecule has 0 aromatic heterocycles. The second kappa shape index (κ2) is 3.94. The molecule has 90 valence electrons. The Morgan fingerprint density at radius 1 is 1.35 bits per heavy atom. The van der Waals surface area contributed by atoms with Crippen LogP contribution < -0.4 is 0 Å². The van der Waals surface area contributed by atoms with Crippen LogP contribution in [0.5, 0.6) is 0 Å². The molecular weight excluding hydrogens is 299 g/mol. The summed E-state index contributed by atoms with van der Waals surface area (Å²) in [6.45, 7) is 1.60. The predicted molar refractivity (Wildman–Crippen MR) is 60.8 cm³/mol. The molecule has 1 heterocycles. The van der Waals surface area contributed by atoms with Gasteiger partial charge < -0.3 is 0 Å². The zero-order valence-electron chi connectivity index (χ0n) is 8.68. The van der Waals surface area contributed by atoms with Gasteiger partial charge in [0.05, 0.1) is 17.2 Å². The maximum Gasteiger partial charge on any atom is 0.418 e. The van der Waals surface area contributed by atoms with Gasteiger partial charge in [-0.15, -0.1) is 0 Å². The number of aliphatic imine (C=N–C) groups is 1. The fraction of sp³-hybridized carbons (Fsp3) is 0.273. The van der Waals surface area contributed by atoms with E-state index in [9.17, 15) is 18.0 Å². The monoisotopic (exact) mass is 305 g/mol. The van der Waals surface area contributed by atoms with Gasteiger partial charge in [-0.05, 0) is 12.1 Å². The molecule has 1 atom stereocenters. The second-order valence-corrected chi connectivity index (χ2v) is 4.69. The normalized spacial score (nSPS) is 19.4. The van der Waals surface area contributed by atoms with Crippen LogP contribution in [0.1, 0.15) is 22.8 Å². The summed E-state index contributed by atoms with van der Waals surface area (Å²) in [6, 6.07) is 2.30. The third-order valence-electron chi connectivity index (χ3n) is 2.49. The fourth-order valence-electron chi connectivity index (χ4n) is 1.64. The minimum absolute atomic E-state index is 0.0155. The molecule has 0 N–H and O–H groups in total. The Morgan fingerprint density at radius 3 is 2.59 bits per heavy atom. The molecule has 0 aliphatic carbocycles. The van der Waals surface area contributed by atoms with Gasteiger partial charge in [-0.2, -0.15) is 13.2 Å². The Bertz CT molecular complexity index is 522. The highest BCUT2D eigenvalue weighted by Gasteiger charge is 2.37. The molecule has 0 radical (unpaired) electrons. The number of hydrogen-bond donors (Lipinski definition) is 0. The summed E-state index contributed by atoms with van der Waals surface area (Å²) in [4.78, 5) is 15.5. The van der Waals surface area contributed by atoms with Gasteiger partial charge in [0.1, 0.15) is 0 Å². The van der Waals surface area contributed by atoms with Gasteiger partial charge in [0.15, 0.2) is 5.78 Å². The van der Waals surface area contributed by atoms with Crippen LogP contribution in [0.15, 0.2) is 21.6 Å². The van der Waals surface area contributed by atoms with E-state index >= 15 is 0 Å². The highest BCUT2D eigenvalue weighted by atomic mass is 79.9. The molecule has 6 heteroatoms. The SMILES string of the molecule is CC1C=Nc2c(cc(Br)cc2C(F)(F)F)C1=O. The van der Waals surface area contributed by atoms with Crippen LogP contribution in [0.2, 0.25) is 0 Å². The lowest BCUT2D eigenvalue weighted by Crippen LogP contribution is -2.19. The quantitative estimate of drug-likeness (QED) is 0.712. The zero-order chi connectivity index (χ0) is 12.8. The summed E-state index contributed by atoms with van der Waals surface area (Å²) in [6.07, 6.45) is -3.28. The molecule has 0 spiro atoms. The lowest BCUT2D eigenvalue weighted by Gasteiger charge is -2.18. The number of rotatable bonds is 0. The summed E-state index contributed by atoms with van der Waals surface area (Å²) >= 11 is 2.98. The van der Waals surface area contributed by atoms with E-state index in [2.05, 4.69) is 20.9 Å². The number of alkyl halides is 3. The van der Waals surface area contributed by atoms with Crippen LogP contribution in [0.25, 0.3) is 0 Å². The Balaban J connectivity index is 2.72. The number of carbonyl (C=O) groups excluding carboxylic acids is 1. The van der Waals surface area contributed by atoms with E-state index in [1.807, 2.05) is 0 Å². The van der Waals surface area contributed by atoms with E-state index in [4.69, 9.17) is 0 Å². The summed E-state index contributed by atoms with van der Waals surface area (Å²) in [5.41, 5.74) is -1.16. The molecule has 1 aliphatic heterocycles. The van der Waals surface area contributed by atoms with Crippen molar-refractivity contribution in [3.63, 3.8) is 0 Å². The zero-order valence-corrected chi connectivity index (χ0v) is 10.3. The first kappa shape index (κ1) is 12.3. The van der Waals surface area contributed by atoms with Crippen LogP contribution in [0.4, 0.5) is 18.9 Å². The number of nitrogens with zero attached hydrogens (tertiary/aromatic N) is 1. The number of fused-ring (bicyclic) bond motifs is 1. The van der Waals surface area contributed by atoms with Gasteiger partial charge in [0.2, 0.25) is 0 Å². The summed E-state index contributed by atoms with van der Waals surface area (Å²) in [7, 11) is 0. The molecule has 17 heavy (non-hydrogen) atoms. The van der Waals surface area contributed by atoms with E-state index in [0.29, 0.717) is 0 Å². The highest BCUT2D eigenvalue weighted by molar-refractivity contribution is 9.10. The van der Waals surface area contributed by atoms with Gasteiger partial charge >= 0.3 is 6.18 Å². The van der Waals surface area contributed by atoms with E-state index < -0.39 is 17.7 Å². The highest BCUT2D eigenvalue weighted by Crippen LogP contribution is 2.42. The van der Waals surface area contributed by atoms with Crippen LogP contribution in [0.3, 0.4) is 0 Å². The Morgan fingerprint density at radius 2 is 2.00 bits per heavy atom. The molecular formula is C11H7BrF3NO. The fourth-order valence-corrected chi connectivity index (χ4v) is 2.10. The molecule has 0 amide bonds. The Hall–Kier alpha value is -1.17. The van der Waals surface area contributed by atoms with Gasteiger partial charge in [0.25, 0.3) is 0 Å². The van der Waals surface area contributed by atoms with E-state index in [1.165, 1.54) is 12.3 Å². The predicted octanol–water partition coefficient (Wildman–Crippen LogP) is 4.00. The number of carbonyl (C=O) groups is 1. The molecule has 0 bridgehead atoms. The average Bonchev–Trinajstić information content (AvgIpc) is 2.22. The molecule has 1 aromatic rings. The topological polar surface area (TPSA) is 29.4 Å². The van der Waals surface area contributed by atoms with Gasteiger partial charge in [0, 0.05) is 16.3 Å². The van der Waals surface area contributed by atoms with Gasteiger partial charge in [-0.3, -0.25) is 9.79 Å². The van der Waals surface area contributed by atoms with Crippen molar-refractivity contribution in [2.45, 2.75) is 13.1 Å². The molecule has 0 fully saturated rings. The van der Waals surface area contributed by atoms with Crippen LogP contribution in [0, 0.1) is 5.92 Å². The maximum atomic E-state index is 12.8. The number of hydrogen-bond acceptors (Lipinski definition) is 2. The van der Waals surface area contributed by atoms with Crippen molar-refractivity contribution >= 4 is 33.6 Å². The van der Waals surface area contributed by atoms with Crippen molar-refractivity contribution in [2.24, 2.45) is 10.9 Å². The van der Waals surface area contributed by atoms with Gasteiger partial charge in [-0.25, -0.2) is 0 Å². The minimum Gasteiger partial charge on any atom is -0.293 e. The van der Waals surface area contributed by atoms with Crippen molar-refractivity contribution in [1.29, 1.82) is 0 Å².